The van der Waals surface area contributed by atoms with Gasteiger partial charge in [-0.1, -0.05) is 45.4 Å². The molecule has 0 unspecified atom stereocenters. The van der Waals surface area contributed by atoms with Gasteiger partial charge in [-0.05, 0) is 55.2 Å². The van der Waals surface area contributed by atoms with Crippen LogP contribution in [0.15, 0.2) is 48.5 Å². The van der Waals surface area contributed by atoms with E-state index in [9.17, 15) is 4.79 Å². The normalized spacial score (nSPS) is 10.5. The lowest BCUT2D eigenvalue weighted by Gasteiger charge is -2.14. The summed E-state index contributed by atoms with van der Waals surface area (Å²) in [4.78, 5) is 12.6. The predicted molar refractivity (Wildman–Crippen MR) is 122 cm³/mol. The van der Waals surface area contributed by atoms with Crippen molar-refractivity contribution in [2.45, 2.75) is 40.0 Å². The Morgan fingerprint density at radius 2 is 1.86 bits per heavy atom. The highest BCUT2D eigenvalue weighted by Gasteiger charge is 2.13. The quantitative estimate of drug-likeness (QED) is 0.402. The van der Waals surface area contributed by atoms with Gasteiger partial charge in [0.2, 0.25) is 0 Å². The first kappa shape index (κ1) is 22.7. The minimum Gasteiger partial charge on any atom is -0.494 e. The Balaban J connectivity index is 1.93. The number of anilines is 1. The molecular weight excluding hydrogens is 384 g/mol. The third-order valence-corrected chi connectivity index (χ3v) is 4.37. The van der Waals surface area contributed by atoms with Crippen molar-refractivity contribution >= 4 is 28.9 Å². The molecule has 0 aliphatic carbocycles. The molecule has 0 bridgehead atoms. The fourth-order valence-electron chi connectivity index (χ4n) is 2.52. The lowest BCUT2D eigenvalue weighted by molar-refractivity contribution is 0.0973. The molecule has 0 heterocycles. The summed E-state index contributed by atoms with van der Waals surface area (Å²) in [5.41, 5.74) is 1.21. The number of amides is 1. The first-order valence-corrected chi connectivity index (χ1v) is 10.5. The van der Waals surface area contributed by atoms with E-state index < -0.39 is 0 Å². The van der Waals surface area contributed by atoms with Gasteiger partial charge in [0.1, 0.15) is 11.5 Å². The molecule has 1 amide bonds. The fraction of sp³-hybridized carbons (Fsp3) is 0.391. The van der Waals surface area contributed by atoms with Gasteiger partial charge in [0, 0.05) is 11.8 Å². The molecule has 2 aromatic carbocycles. The lowest BCUT2D eigenvalue weighted by atomic mass is 10.1. The maximum atomic E-state index is 12.6. The van der Waals surface area contributed by atoms with Crippen LogP contribution in [0.2, 0.25) is 0 Å². The second-order valence-corrected chi connectivity index (χ2v) is 7.57. The van der Waals surface area contributed by atoms with Crippen LogP contribution in [0.3, 0.4) is 0 Å². The number of para-hydroxylation sites is 1. The van der Waals surface area contributed by atoms with Crippen LogP contribution in [0, 0.1) is 5.92 Å². The Morgan fingerprint density at radius 1 is 1.07 bits per heavy atom. The summed E-state index contributed by atoms with van der Waals surface area (Å²) < 4.78 is 11.5. The number of unbranched alkanes of at least 4 members (excludes halogenated alkanes) is 1. The Morgan fingerprint density at radius 3 is 2.62 bits per heavy atom. The van der Waals surface area contributed by atoms with Crippen molar-refractivity contribution in [1.29, 1.82) is 0 Å². The molecule has 29 heavy (non-hydrogen) atoms. The minimum absolute atomic E-state index is 0.220. The molecule has 0 spiro atoms. The summed E-state index contributed by atoms with van der Waals surface area (Å²) in [5, 5.41) is 5.97. The van der Waals surface area contributed by atoms with E-state index in [4.69, 9.17) is 21.7 Å². The van der Waals surface area contributed by atoms with Crippen LogP contribution in [0.4, 0.5) is 5.69 Å². The van der Waals surface area contributed by atoms with E-state index in [0.717, 1.165) is 30.7 Å². The summed E-state index contributed by atoms with van der Waals surface area (Å²) in [6, 6.07) is 14.7. The average Bonchev–Trinajstić information content (AvgIpc) is 2.68. The maximum absolute atomic E-state index is 12.6. The Kier molecular flexibility index (Phi) is 9.44. The highest BCUT2D eigenvalue weighted by Crippen LogP contribution is 2.20. The number of thiocarbonyl (C=S) groups is 1. The molecule has 0 aliphatic rings. The minimum atomic E-state index is -0.307. The van der Waals surface area contributed by atoms with Crippen LogP contribution < -0.4 is 20.1 Å². The zero-order chi connectivity index (χ0) is 21.1. The van der Waals surface area contributed by atoms with Crippen LogP contribution in [-0.2, 0) is 0 Å². The highest BCUT2D eigenvalue weighted by atomic mass is 32.1. The molecule has 0 radical (unpaired) electrons. The van der Waals surface area contributed by atoms with Gasteiger partial charge in [-0.25, -0.2) is 0 Å². The summed E-state index contributed by atoms with van der Waals surface area (Å²) >= 11 is 5.30. The Labute approximate surface area is 178 Å². The van der Waals surface area contributed by atoms with Crippen LogP contribution >= 0.6 is 12.2 Å². The van der Waals surface area contributed by atoms with Gasteiger partial charge in [0.05, 0.1) is 18.8 Å². The summed E-state index contributed by atoms with van der Waals surface area (Å²) in [6.45, 7) is 7.66. The number of rotatable bonds is 10. The predicted octanol–water partition coefficient (Wildman–Crippen LogP) is 5.42. The Bertz CT molecular complexity index is 808. The highest BCUT2D eigenvalue weighted by molar-refractivity contribution is 7.80. The van der Waals surface area contributed by atoms with Crippen molar-refractivity contribution in [3.05, 3.63) is 54.1 Å². The van der Waals surface area contributed by atoms with E-state index in [-0.39, 0.29) is 11.0 Å². The molecule has 0 atom stereocenters. The van der Waals surface area contributed by atoms with E-state index in [1.165, 1.54) is 0 Å². The van der Waals surface area contributed by atoms with Crippen molar-refractivity contribution in [3.63, 3.8) is 0 Å². The number of carbonyl (C=O) groups excluding carboxylic acids is 1. The first-order valence-electron chi connectivity index (χ1n) is 10.1. The molecule has 6 heteroatoms. The molecule has 0 fully saturated rings. The van der Waals surface area contributed by atoms with Gasteiger partial charge in [0.25, 0.3) is 5.91 Å². The van der Waals surface area contributed by atoms with Crippen molar-refractivity contribution in [1.82, 2.24) is 5.32 Å². The zero-order valence-corrected chi connectivity index (χ0v) is 18.2. The lowest BCUT2D eigenvalue weighted by Crippen LogP contribution is -2.34. The molecule has 2 N–H and O–H groups in total. The topological polar surface area (TPSA) is 59.6 Å². The molecule has 0 aliphatic heterocycles. The molecule has 0 saturated carbocycles. The third-order valence-electron chi connectivity index (χ3n) is 4.17. The van der Waals surface area contributed by atoms with Gasteiger partial charge in [-0.15, -0.1) is 0 Å². The van der Waals surface area contributed by atoms with E-state index in [0.29, 0.717) is 30.4 Å². The van der Waals surface area contributed by atoms with E-state index >= 15 is 0 Å². The number of hydrogen-bond donors (Lipinski definition) is 2. The van der Waals surface area contributed by atoms with Crippen LogP contribution in [0.5, 0.6) is 11.5 Å². The molecule has 2 aromatic rings. The molecule has 2 rings (SSSR count). The fourth-order valence-corrected chi connectivity index (χ4v) is 2.73. The third kappa shape index (κ3) is 8.11. The van der Waals surface area contributed by atoms with Crippen molar-refractivity contribution in [2.75, 3.05) is 18.5 Å². The zero-order valence-electron chi connectivity index (χ0n) is 17.4. The average molecular weight is 415 g/mol. The smallest absolute Gasteiger partial charge is 0.261 e. The van der Waals surface area contributed by atoms with Gasteiger partial charge < -0.3 is 14.8 Å². The molecule has 156 valence electrons. The summed E-state index contributed by atoms with van der Waals surface area (Å²) in [5.74, 6) is 1.60. The SMILES string of the molecule is CCCCOc1ccccc1C(=O)NC(=S)Nc1cccc(OCCC(C)C)c1. The molecule has 5 nitrogen and oxygen atoms in total. The van der Waals surface area contributed by atoms with Crippen molar-refractivity contribution < 1.29 is 14.3 Å². The van der Waals surface area contributed by atoms with Crippen LogP contribution in [0.1, 0.15) is 50.4 Å². The van der Waals surface area contributed by atoms with E-state index in [1.54, 1.807) is 18.2 Å². The second kappa shape index (κ2) is 12.1. The first-order chi connectivity index (χ1) is 14.0. The van der Waals surface area contributed by atoms with Gasteiger partial charge in [0.15, 0.2) is 5.11 Å². The summed E-state index contributed by atoms with van der Waals surface area (Å²) in [7, 11) is 0. The molecule has 0 aromatic heterocycles. The van der Waals surface area contributed by atoms with Crippen molar-refractivity contribution in [3.8, 4) is 11.5 Å². The number of carbonyl (C=O) groups is 1. The number of nitrogens with one attached hydrogen (secondary N) is 2. The largest absolute Gasteiger partial charge is 0.494 e. The monoisotopic (exact) mass is 414 g/mol. The number of hydrogen-bond acceptors (Lipinski definition) is 4. The van der Waals surface area contributed by atoms with E-state index in [2.05, 4.69) is 31.4 Å². The van der Waals surface area contributed by atoms with Crippen LogP contribution in [0.25, 0.3) is 0 Å². The van der Waals surface area contributed by atoms with Gasteiger partial charge in [-0.3, -0.25) is 10.1 Å². The Hall–Kier alpha value is -2.60. The summed E-state index contributed by atoms with van der Waals surface area (Å²) in [6.07, 6.45) is 2.96. The van der Waals surface area contributed by atoms with Gasteiger partial charge in [-0.2, -0.15) is 0 Å². The van der Waals surface area contributed by atoms with Gasteiger partial charge >= 0.3 is 0 Å². The molecule has 0 saturated heterocycles. The van der Waals surface area contributed by atoms with Crippen molar-refractivity contribution in [2.24, 2.45) is 5.92 Å². The number of ether oxygens (including phenoxy) is 2. The van der Waals surface area contributed by atoms with E-state index in [1.807, 2.05) is 30.3 Å². The van der Waals surface area contributed by atoms with Crippen LogP contribution in [-0.4, -0.2) is 24.2 Å². The second-order valence-electron chi connectivity index (χ2n) is 7.17. The number of benzene rings is 2. The molecular formula is C23H30N2O3S. The standard InChI is InChI=1S/C23H30N2O3S/c1-4-5-14-28-21-12-7-6-11-20(21)22(26)25-23(29)24-18-9-8-10-19(16-18)27-15-13-17(2)3/h6-12,16-17H,4-5,13-15H2,1-3H3,(H2,24,25,26,29). The maximum Gasteiger partial charge on any atom is 0.261 e.